The van der Waals surface area contributed by atoms with Gasteiger partial charge in [0.2, 0.25) is 5.91 Å². The van der Waals surface area contributed by atoms with Crippen molar-refractivity contribution in [3.05, 3.63) is 54.5 Å². The fourth-order valence-electron chi connectivity index (χ4n) is 4.47. The number of rotatable bonds is 11. The second-order valence-electron chi connectivity index (χ2n) is 9.21. The van der Waals surface area contributed by atoms with E-state index in [9.17, 15) is 9.59 Å². The zero-order valence-electron chi connectivity index (χ0n) is 19.6. The number of imidazole rings is 1. The van der Waals surface area contributed by atoms with Crippen molar-refractivity contribution in [1.29, 1.82) is 0 Å². The average Bonchev–Trinajstić information content (AvgIpc) is 3.30. The Labute approximate surface area is 195 Å². The van der Waals surface area contributed by atoms with Gasteiger partial charge < -0.3 is 15.2 Å². The van der Waals surface area contributed by atoms with E-state index in [4.69, 9.17) is 0 Å². The number of Topliss-reactive ketones (excluding diaryl/α,β-unsaturated/α-hetero) is 1. The highest BCUT2D eigenvalue weighted by Gasteiger charge is 2.31. The van der Waals surface area contributed by atoms with Crippen LogP contribution in [0, 0.1) is 5.92 Å². The monoisotopic (exact) mass is 446 g/mol. The molecular weight excluding hydrogens is 412 g/mol. The van der Waals surface area contributed by atoms with Gasteiger partial charge in [0.05, 0.1) is 23.9 Å². The fourth-order valence-corrected chi connectivity index (χ4v) is 4.47. The van der Waals surface area contributed by atoms with Crippen molar-refractivity contribution in [3.63, 3.8) is 0 Å². The fraction of sp³-hybridized carbons (Fsp3) is 0.444. The maximum atomic E-state index is 12.8. The summed E-state index contributed by atoms with van der Waals surface area (Å²) in [6.45, 7) is 3.52. The van der Waals surface area contributed by atoms with Crippen LogP contribution in [0.1, 0.15) is 57.3 Å². The predicted octanol–water partition coefficient (Wildman–Crippen LogP) is 4.88. The van der Waals surface area contributed by atoms with Crippen LogP contribution >= 0.6 is 0 Å². The van der Waals surface area contributed by atoms with Crippen LogP contribution in [0.5, 0.6) is 0 Å². The molecule has 33 heavy (non-hydrogen) atoms. The largest absolute Gasteiger partial charge is 0.346 e. The van der Waals surface area contributed by atoms with Gasteiger partial charge in [-0.2, -0.15) is 0 Å². The van der Waals surface area contributed by atoms with E-state index in [1.54, 1.807) is 0 Å². The van der Waals surface area contributed by atoms with Gasteiger partial charge in [-0.05, 0) is 36.7 Å². The molecule has 6 heteroatoms. The summed E-state index contributed by atoms with van der Waals surface area (Å²) in [5, 5.41) is 5.63. The molecule has 0 spiro atoms. The minimum Gasteiger partial charge on any atom is -0.346 e. The summed E-state index contributed by atoms with van der Waals surface area (Å²) in [6, 6.07) is 14.5. The number of unbranched alkanes of at least 4 members (excludes halogenated alkanes) is 2. The number of carbonyl (C=O) groups excluding carboxylic acids is 2. The number of carbonyl (C=O) groups is 2. The summed E-state index contributed by atoms with van der Waals surface area (Å²) in [5.41, 5.74) is 2.03. The second kappa shape index (κ2) is 10.8. The molecule has 0 aliphatic carbocycles. The van der Waals surface area contributed by atoms with Crippen molar-refractivity contribution in [2.75, 3.05) is 20.1 Å². The number of nitrogens with zero attached hydrogens (tertiary/aromatic N) is 2. The zero-order valence-corrected chi connectivity index (χ0v) is 19.6. The molecule has 0 bridgehead atoms. The number of benzene rings is 2. The van der Waals surface area contributed by atoms with Gasteiger partial charge >= 0.3 is 0 Å². The molecule has 0 saturated carbocycles. The summed E-state index contributed by atoms with van der Waals surface area (Å²) in [4.78, 5) is 34.6. The van der Waals surface area contributed by atoms with E-state index >= 15 is 0 Å². The maximum Gasteiger partial charge on any atom is 0.226 e. The topological polar surface area (TPSA) is 78.1 Å². The third-order valence-corrected chi connectivity index (χ3v) is 6.58. The molecule has 4 rings (SSSR count). The molecule has 1 fully saturated rings. The van der Waals surface area contributed by atoms with Gasteiger partial charge in [0.15, 0.2) is 0 Å². The Bertz CT molecular complexity index is 1100. The molecule has 0 unspecified atom stereocenters. The van der Waals surface area contributed by atoms with Crippen LogP contribution in [0.4, 0.5) is 0 Å². The zero-order chi connectivity index (χ0) is 23.2. The van der Waals surface area contributed by atoms with Crippen molar-refractivity contribution in [3.8, 4) is 11.3 Å². The van der Waals surface area contributed by atoms with Crippen molar-refractivity contribution in [1.82, 2.24) is 20.2 Å². The molecule has 0 radical (unpaired) electrons. The minimum absolute atomic E-state index is 0.0506. The third-order valence-electron chi connectivity index (χ3n) is 6.58. The molecule has 1 saturated heterocycles. The van der Waals surface area contributed by atoms with Crippen molar-refractivity contribution >= 4 is 22.5 Å². The van der Waals surface area contributed by atoms with Crippen molar-refractivity contribution < 1.29 is 9.59 Å². The third kappa shape index (κ3) is 5.88. The normalized spacial score (nSPS) is 15.3. The SMILES string of the molecule is CCC(=O)CCCCC[C@@H](NC(=O)C1CN(C)C1)c1ncc(-c2ccc3ccccc3c2)[nH]1. The van der Waals surface area contributed by atoms with Crippen LogP contribution in [-0.4, -0.2) is 46.7 Å². The molecule has 1 aromatic heterocycles. The lowest BCUT2D eigenvalue weighted by Gasteiger charge is -2.35. The molecule has 2 heterocycles. The quantitative estimate of drug-likeness (QED) is 0.412. The van der Waals surface area contributed by atoms with Gasteiger partial charge in [-0.1, -0.05) is 56.2 Å². The first-order valence-corrected chi connectivity index (χ1v) is 12.1. The summed E-state index contributed by atoms with van der Waals surface area (Å²) in [7, 11) is 2.03. The summed E-state index contributed by atoms with van der Waals surface area (Å²) >= 11 is 0. The highest BCUT2D eigenvalue weighted by molar-refractivity contribution is 5.86. The lowest BCUT2D eigenvalue weighted by Crippen LogP contribution is -2.52. The van der Waals surface area contributed by atoms with Gasteiger partial charge in [-0.15, -0.1) is 0 Å². The number of hydrogen-bond donors (Lipinski definition) is 2. The summed E-state index contributed by atoms with van der Waals surface area (Å²) < 4.78 is 0. The van der Waals surface area contributed by atoms with Gasteiger partial charge in [-0.3, -0.25) is 9.59 Å². The first kappa shape index (κ1) is 23.2. The van der Waals surface area contributed by atoms with Gasteiger partial charge in [-0.25, -0.2) is 4.98 Å². The van der Waals surface area contributed by atoms with Gasteiger partial charge in [0, 0.05) is 31.5 Å². The van der Waals surface area contributed by atoms with Crippen LogP contribution in [-0.2, 0) is 9.59 Å². The predicted molar refractivity (Wildman–Crippen MR) is 132 cm³/mol. The number of aromatic nitrogens is 2. The first-order valence-electron chi connectivity index (χ1n) is 12.1. The lowest BCUT2D eigenvalue weighted by atomic mass is 9.98. The number of hydrogen-bond acceptors (Lipinski definition) is 4. The highest BCUT2D eigenvalue weighted by atomic mass is 16.2. The van der Waals surface area contributed by atoms with E-state index in [0.717, 1.165) is 55.9 Å². The van der Waals surface area contributed by atoms with E-state index in [0.29, 0.717) is 18.6 Å². The lowest BCUT2D eigenvalue weighted by molar-refractivity contribution is -0.130. The molecule has 1 aliphatic rings. The van der Waals surface area contributed by atoms with Gasteiger partial charge in [0.1, 0.15) is 11.6 Å². The minimum atomic E-state index is -0.153. The van der Waals surface area contributed by atoms with Crippen LogP contribution in [0.2, 0.25) is 0 Å². The molecule has 2 N–H and O–H groups in total. The van der Waals surface area contributed by atoms with E-state index in [1.807, 2.05) is 32.3 Å². The van der Waals surface area contributed by atoms with E-state index in [2.05, 4.69) is 50.5 Å². The van der Waals surface area contributed by atoms with Crippen LogP contribution < -0.4 is 5.32 Å². The number of nitrogens with one attached hydrogen (secondary N) is 2. The molecule has 174 valence electrons. The summed E-state index contributed by atoms with van der Waals surface area (Å²) in [6.07, 6.45) is 6.74. The Hall–Kier alpha value is -2.99. The maximum absolute atomic E-state index is 12.8. The number of aromatic amines is 1. The average molecular weight is 447 g/mol. The molecule has 3 aromatic rings. The van der Waals surface area contributed by atoms with Crippen LogP contribution in [0.3, 0.4) is 0 Å². The number of H-pyrrole nitrogens is 1. The smallest absolute Gasteiger partial charge is 0.226 e. The Morgan fingerprint density at radius 1 is 1.12 bits per heavy atom. The first-order chi connectivity index (χ1) is 16.0. The number of fused-ring (bicyclic) bond motifs is 1. The van der Waals surface area contributed by atoms with Crippen molar-refractivity contribution in [2.24, 2.45) is 5.92 Å². The van der Waals surface area contributed by atoms with E-state index < -0.39 is 0 Å². The standard InChI is InChI=1S/C27H34N4O2/c1-3-23(32)11-5-4-6-12-24(30-27(33)22-17-31(2)18-22)26-28-16-25(29-26)21-14-13-19-9-7-8-10-20(19)15-21/h7-10,13-16,22,24H,3-6,11-12,17-18H2,1-2H3,(H,28,29)(H,30,33)/t24-/m1/s1. The van der Waals surface area contributed by atoms with Gasteiger partial charge in [0.25, 0.3) is 0 Å². The Morgan fingerprint density at radius 2 is 1.91 bits per heavy atom. The molecule has 6 nitrogen and oxygen atoms in total. The Balaban J connectivity index is 1.45. The highest BCUT2D eigenvalue weighted by Crippen LogP contribution is 2.26. The van der Waals surface area contributed by atoms with Crippen LogP contribution in [0.15, 0.2) is 48.7 Å². The molecule has 1 atom stereocenters. The number of likely N-dealkylation sites (tertiary alicyclic amines) is 1. The Morgan fingerprint density at radius 3 is 2.67 bits per heavy atom. The van der Waals surface area contributed by atoms with E-state index in [-0.39, 0.29) is 17.9 Å². The molecular formula is C27H34N4O2. The molecule has 1 amide bonds. The van der Waals surface area contributed by atoms with E-state index in [1.165, 1.54) is 10.8 Å². The number of amides is 1. The number of ketones is 1. The molecule has 1 aliphatic heterocycles. The second-order valence-corrected chi connectivity index (χ2v) is 9.21. The van der Waals surface area contributed by atoms with Crippen molar-refractivity contribution in [2.45, 2.75) is 51.5 Å². The van der Waals surface area contributed by atoms with Crippen LogP contribution in [0.25, 0.3) is 22.0 Å². The Kier molecular flexibility index (Phi) is 7.55. The molecule has 2 aromatic carbocycles. The summed E-state index contributed by atoms with van der Waals surface area (Å²) in [5.74, 6) is 1.27.